The maximum Gasteiger partial charge on any atom is 0.131 e. The van der Waals surface area contributed by atoms with Crippen molar-refractivity contribution in [1.82, 2.24) is 0 Å². The molecule has 15 heavy (non-hydrogen) atoms. The molecule has 1 aromatic rings. The van der Waals surface area contributed by atoms with Gasteiger partial charge < -0.3 is 15.2 Å². The number of nitrogens with one attached hydrogen (secondary N) is 1. The minimum absolute atomic E-state index is 0.00471. The lowest BCUT2D eigenvalue weighted by Gasteiger charge is -2.10. The highest BCUT2D eigenvalue weighted by Gasteiger charge is 2.06. The first-order valence-corrected chi connectivity index (χ1v) is 5.20. The Bertz CT molecular complexity index is 355. The second kappa shape index (κ2) is 5.72. The van der Waals surface area contributed by atoms with Gasteiger partial charge in [-0.05, 0) is 18.2 Å². The molecule has 0 aliphatic heterocycles. The first-order chi connectivity index (χ1) is 7.15. The van der Waals surface area contributed by atoms with E-state index in [-0.39, 0.29) is 5.84 Å². The average molecular weight is 273 g/mol. The number of methoxy groups -OCH3 is 1. The van der Waals surface area contributed by atoms with Gasteiger partial charge in [0, 0.05) is 11.6 Å². The largest absolute Gasteiger partial charge is 0.490 e. The van der Waals surface area contributed by atoms with Crippen molar-refractivity contribution in [3.05, 3.63) is 28.2 Å². The van der Waals surface area contributed by atoms with E-state index in [0.717, 1.165) is 4.47 Å². The minimum atomic E-state index is -0.00471. The van der Waals surface area contributed by atoms with Crippen LogP contribution in [0.2, 0.25) is 0 Å². The molecule has 3 N–H and O–H groups in total. The van der Waals surface area contributed by atoms with Gasteiger partial charge in [0.15, 0.2) is 0 Å². The summed E-state index contributed by atoms with van der Waals surface area (Å²) in [6.07, 6.45) is 0. The fraction of sp³-hybridized carbons (Fsp3) is 0.300. The summed E-state index contributed by atoms with van der Waals surface area (Å²) in [6.45, 7) is 0.942. The van der Waals surface area contributed by atoms with Gasteiger partial charge in [-0.25, -0.2) is 0 Å². The second-order valence-corrected chi connectivity index (χ2v) is 3.81. The zero-order chi connectivity index (χ0) is 11.3. The lowest BCUT2D eigenvalue weighted by atomic mass is 10.2. The number of rotatable bonds is 5. The van der Waals surface area contributed by atoms with E-state index in [1.165, 1.54) is 0 Å². The quantitative estimate of drug-likeness (QED) is 0.488. The average Bonchev–Trinajstić information content (AvgIpc) is 2.18. The van der Waals surface area contributed by atoms with Crippen molar-refractivity contribution in [3.8, 4) is 5.75 Å². The SMILES string of the molecule is COCCOc1cc(Br)ccc1C(=N)N. The van der Waals surface area contributed by atoms with Gasteiger partial charge in [0.05, 0.1) is 12.2 Å². The number of amidine groups is 1. The van der Waals surface area contributed by atoms with Gasteiger partial charge in [0.2, 0.25) is 0 Å². The highest BCUT2D eigenvalue weighted by Crippen LogP contribution is 2.23. The molecular formula is C10H13BrN2O2. The Morgan fingerprint density at radius 1 is 1.47 bits per heavy atom. The van der Waals surface area contributed by atoms with Crippen LogP contribution in [0, 0.1) is 5.41 Å². The fourth-order valence-electron chi connectivity index (χ4n) is 1.07. The van der Waals surface area contributed by atoms with Gasteiger partial charge in [0.1, 0.15) is 18.2 Å². The molecule has 82 valence electrons. The molecule has 0 saturated heterocycles. The van der Waals surface area contributed by atoms with Crippen molar-refractivity contribution >= 4 is 21.8 Å². The van der Waals surface area contributed by atoms with E-state index >= 15 is 0 Å². The topological polar surface area (TPSA) is 68.3 Å². The van der Waals surface area contributed by atoms with Crippen LogP contribution in [0.3, 0.4) is 0 Å². The molecule has 0 amide bonds. The molecule has 0 radical (unpaired) electrons. The summed E-state index contributed by atoms with van der Waals surface area (Å²) in [4.78, 5) is 0. The van der Waals surface area contributed by atoms with Gasteiger partial charge in [-0.2, -0.15) is 0 Å². The zero-order valence-corrected chi connectivity index (χ0v) is 10.0. The summed E-state index contributed by atoms with van der Waals surface area (Å²) < 4.78 is 11.2. The van der Waals surface area contributed by atoms with Gasteiger partial charge in [-0.15, -0.1) is 0 Å². The predicted molar refractivity (Wildman–Crippen MR) is 62.5 cm³/mol. The third kappa shape index (κ3) is 3.53. The maximum absolute atomic E-state index is 7.38. The Morgan fingerprint density at radius 2 is 2.20 bits per heavy atom. The number of halogens is 1. The van der Waals surface area contributed by atoms with E-state index in [2.05, 4.69) is 15.9 Å². The Labute approximate surface area is 97.0 Å². The summed E-state index contributed by atoms with van der Waals surface area (Å²) in [5.74, 6) is 0.587. The highest BCUT2D eigenvalue weighted by atomic mass is 79.9. The molecule has 5 heteroatoms. The van der Waals surface area contributed by atoms with E-state index in [4.69, 9.17) is 20.6 Å². The molecule has 0 aromatic heterocycles. The Balaban J connectivity index is 2.82. The van der Waals surface area contributed by atoms with Gasteiger partial charge >= 0.3 is 0 Å². The van der Waals surface area contributed by atoms with Gasteiger partial charge in [0.25, 0.3) is 0 Å². The summed E-state index contributed by atoms with van der Waals surface area (Å²) >= 11 is 3.33. The highest BCUT2D eigenvalue weighted by molar-refractivity contribution is 9.10. The Morgan fingerprint density at radius 3 is 2.80 bits per heavy atom. The number of hydrogen-bond donors (Lipinski definition) is 2. The lowest BCUT2D eigenvalue weighted by molar-refractivity contribution is 0.146. The smallest absolute Gasteiger partial charge is 0.131 e. The van der Waals surface area contributed by atoms with Crippen LogP contribution in [0.25, 0.3) is 0 Å². The second-order valence-electron chi connectivity index (χ2n) is 2.90. The van der Waals surface area contributed by atoms with Crippen LogP contribution in [-0.2, 0) is 4.74 Å². The van der Waals surface area contributed by atoms with E-state index in [1.807, 2.05) is 6.07 Å². The molecule has 0 unspecified atom stereocenters. The standard InChI is InChI=1S/C10H13BrN2O2/c1-14-4-5-15-9-6-7(11)2-3-8(9)10(12)13/h2-3,6H,4-5H2,1H3,(H3,12,13). The monoisotopic (exact) mass is 272 g/mol. The molecule has 4 nitrogen and oxygen atoms in total. The normalized spacial score (nSPS) is 10.0. The van der Waals surface area contributed by atoms with Crippen LogP contribution in [-0.4, -0.2) is 26.2 Å². The van der Waals surface area contributed by atoms with Crippen LogP contribution in [0.15, 0.2) is 22.7 Å². The number of hydrogen-bond acceptors (Lipinski definition) is 3. The van der Waals surface area contributed by atoms with Crippen LogP contribution in [0.4, 0.5) is 0 Å². The molecule has 0 aliphatic carbocycles. The number of nitrogens with two attached hydrogens (primary N) is 1. The van der Waals surface area contributed by atoms with E-state index in [1.54, 1.807) is 19.2 Å². The number of nitrogen functional groups attached to an aromatic ring is 1. The third-order valence-electron chi connectivity index (χ3n) is 1.78. The Hall–Kier alpha value is -1.07. The predicted octanol–water partition coefficient (Wildman–Crippen LogP) is 1.76. The van der Waals surface area contributed by atoms with Crippen LogP contribution >= 0.6 is 15.9 Å². The van der Waals surface area contributed by atoms with Crippen LogP contribution < -0.4 is 10.5 Å². The molecule has 0 atom stereocenters. The first-order valence-electron chi connectivity index (χ1n) is 4.41. The molecule has 0 bridgehead atoms. The lowest BCUT2D eigenvalue weighted by Crippen LogP contribution is -2.14. The van der Waals surface area contributed by atoms with E-state index < -0.39 is 0 Å². The summed E-state index contributed by atoms with van der Waals surface area (Å²) in [5, 5.41) is 7.38. The molecule has 1 rings (SSSR count). The zero-order valence-electron chi connectivity index (χ0n) is 8.42. The number of benzene rings is 1. The van der Waals surface area contributed by atoms with Crippen molar-refractivity contribution in [1.29, 1.82) is 5.41 Å². The first kappa shape index (κ1) is 12.0. The van der Waals surface area contributed by atoms with Crippen molar-refractivity contribution in [2.45, 2.75) is 0 Å². The summed E-state index contributed by atoms with van der Waals surface area (Å²) in [7, 11) is 1.61. The molecule has 1 aromatic carbocycles. The fourth-order valence-corrected chi connectivity index (χ4v) is 1.41. The molecular weight excluding hydrogens is 260 g/mol. The van der Waals surface area contributed by atoms with Gasteiger partial charge in [-0.3, -0.25) is 5.41 Å². The number of ether oxygens (including phenoxy) is 2. The summed E-state index contributed by atoms with van der Waals surface area (Å²) in [5.41, 5.74) is 6.02. The van der Waals surface area contributed by atoms with Gasteiger partial charge in [-0.1, -0.05) is 15.9 Å². The van der Waals surface area contributed by atoms with Crippen molar-refractivity contribution in [3.63, 3.8) is 0 Å². The van der Waals surface area contributed by atoms with Crippen molar-refractivity contribution < 1.29 is 9.47 Å². The summed E-state index contributed by atoms with van der Waals surface area (Å²) in [6, 6.07) is 5.35. The van der Waals surface area contributed by atoms with E-state index in [0.29, 0.717) is 24.5 Å². The minimum Gasteiger partial charge on any atom is -0.490 e. The molecule has 0 heterocycles. The molecule has 0 aliphatic rings. The molecule has 0 spiro atoms. The van der Waals surface area contributed by atoms with Crippen LogP contribution in [0.1, 0.15) is 5.56 Å². The third-order valence-corrected chi connectivity index (χ3v) is 2.27. The van der Waals surface area contributed by atoms with Crippen molar-refractivity contribution in [2.75, 3.05) is 20.3 Å². The molecule has 0 saturated carbocycles. The van der Waals surface area contributed by atoms with Crippen LogP contribution in [0.5, 0.6) is 5.75 Å². The van der Waals surface area contributed by atoms with Crippen molar-refractivity contribution in [2.24, 2.45) is 5.73 Å². The maximum atomic E-state index is 7.38. The molecule has 0 fully saturated rings. The van der Waals surface area contributed by atoms with E-state index in [9.17, 15) is 0 Å². The Kier molecular flexibility index (Phi) is 4.58.